The number of anilines is 1. The monoisotopic (exact) mass is 241 g/mol. The largest absolute Gasteiger partial charge is 0.478 e. The van der Waals surface area contributed by atoms with Gasteiger partial charge in [-0.1, -0.05) is 30.3 Å². The van der Waals surface area contributed by atoms with E-state index in [-0.39, 0.29) is 5.56 Å². The van der Waals surface area contributed by atoms with Crippen LogP contribution in [0.25, 0.3) is 0 Å². The first-order valence-corrected chi connectivity index (χ1v) is 5.29. The van der Waals surface area contributed by atoms with E-state index in [9.17, 15) is 4.79 Å². The lowest BCUT2D eigenvalue weighted by atomic mass is 10.2. The van der Waals surface area contributed by atoms with Crippen LogP contribution in [0.5, 0.6) is 0 Å². The summed E-state index contributed by atoms with van der Waals surface area (Å²) in [7, 11) is 0. The van der Waals surface area contributed by atoms with Crippen LogP contribution >= 0.6 is 0 Å². The molecule has 0 saturated heterocycles. The van der Waals surface area contributed by atoms with Crippen LogP contribution in [0.3, 0.4) is 0 Å². The Bertz CT molecular complexity index is 550. The van der Waals surface area contributed by atoms with E-state index in [4.69, 9.17) is 5.11 Å². The summed E-state index contributed by atoms with van der Waals surface area (Å²) in [5, 5.41) is 12.7. The predicted octanol–water partition coefficient (Wildman–Crippen LogP) is 2.23. The van der Waals surface area contributed by atoms with E-state index in [2.05, 4.69) is 15.5 Å². The molecule has 5 heteroatoms. The van der Waals surface area contributed by atoms with Gasteiger partial charge in [-0.3, -0.25) is 5.43 Å². The molecule has 0 aliphatic rings. The third kappa shape index (κ3) is 3.15. The molecule has 0 atom stereocenters. The molecule has 2 N–H and O–H groups in total. The second-order valence-corrected chi connectivity index (χ2v) is 3.52. The van der Waals surface area contributed by atoms with Gasteiger partial charge in [0.15, 0.2) is 0 Å². The highest BCUT2D eigenvalue weighted by atomic mass is 16.4. The van der Waals surface area contributed by atoms with Gasteiger partial charge < -0.3 is 5.11 Å². The number of carboxylic acids is 1. The molecular weight excluding hydrogens is 230 g/mol. The van der Waals surface area contributed by atoms with Crippen LogP contribution in [0.2, 0.25) is 0 Å². The molecule has 90 valence electrons. The summed E-state index contributed by atoms with van der Waals surface area (Å²) in [6.07, 6.45) is 2.94. The number of benzene rings is 1. The number of hydrogen-bond donors (Lipinski definition) is 2. The average molecular weight is 241 g/mol. The minimum absolute atomic E-state index is 0.146. The number of pyridine rings is 1. The Morgan fingerprint density at radius 3 is 2.61 bits per heavy atom. The highest BCUT2D eigenvalue weighted by molar-refractivity contribution is 5.87. The van der Waals surface area contributed by atoms with Crippen LogP contribution in [0.4, 0.5) is 5.82 Å². The van der Waals surface area contributed by atoms with Gasteiger partial charge in [0.2, 0.25) is 0 Å². The Hall–Kier alpha value is -2.69. The van der Waals surface area contributed by atoms with Crippen molar-refractivity contribution in [2.24, 2.45) is 5.10 Å². The minimum Gasteiger partial charge on any atom is -0.478 e. The maximum atomic E-state index is 10.6. The summed E-state index contributed by atoms with van der Waals surface area (Å²) in [6.45, 7) is 0. The molecule has 5 nitrogen and oxygen atoms in total. The lowest BCUT2D eigenvalue weighted by Crippen LogP contribution is -1.99. The Balaban J connectivity index is 1.98. The van der Waals surface area contributed by atoms with Gasteiger partial charge in [0.05, 0.1) is 11.8 Å². The molecule has 0 bridgehead atoms. The first kappa shape index (κ1) is 11.8. The quantitative estimate of drug-likeness (QED) is 0.635. The number of carboxylic acid groups (broad SMARTS) is 1. The van der Waals surface area contributed by atoms with E-state index in [0.717, 1.165) is 5.56 Å². The first-order valence-electron chi connectivity index (χ1n) is 5.29. The number of aromatic nitrogens is 1. The highest BCUT2D eigenvalue weighted by Crippen LogP contribution is 2.04. The highest BCUT2D eigenvalue weighted by Gasteiger charge is 2.01. The Labute approximate surface area is 104 Å². The van der Waals surface area contributed by atoms with Crippen LogP contribution in [0, 0.1) is 0 Å². The fraction of sp³-hybridized carbons (Fsp3) is 0. The third-order valence-corrected chi connectivity index (χ3v) is 2.20. The Kier molecular flexibility index (Phi) is 3.66. The van der Waals surface area contributed by atoms with Gasteiger partial charge in [-0.2, -0.15) is 5.10 Å². The van der Waals surface area contributed by atoms with Gasteiger partial charge in [-0.25, -0.2) is 9.78 Å². The summed E-state index contributed by atoms with van der Waals surface area (Å²) in [6, 6.07) is 12.6. The zero-order chi connectivity index (χ0) is 12.8. The van der Waals surface area contributed by atoms with Crippen LogP contribution in [-0.2, 0) is 0 Å². The summed E-state index contributed by atoms with van der Waals surface area (Å²) in [5.74, 6) is -0.506. The third-order valence-electron chi connectivity index (χ3n) is 2.20. The molecule has 1 aromatic heterocycles. The number of rotatable bonds is 4. The number of hydrogen-bond acceptors (Lipinski definition) is 4. The van der Waals surface area contributed by atoms with Crippen LogP contribution in [-0.4, -0.2) is 22.3 Å². The van der Waals surface area contributed by atoms with E-state index in [1.165, 1.54) is 12.3 Å². The summed E-state index contributed by atoms with van der Waals surface area (Å²) >= 11 is 0. The standard InChI is InChI=1S/C13H11N3O2/c17-13(18)11-6-7-12(14-9-11)16-15-8-10-4-2-1-3-5-10/h1-9H,(H,14,16)(H,17,18)/b15-8+. The number of nitrogens with one attached hydrogen (secondary N) is 1. The van der Waals surface area contributed by atoms with Gasteiger partial charge in [0.25, 0.3) is 0 Å². The van der Waals surface area contributed by atoms with Crippen molar-refractivity contribution in [3.05, 3.63) is 59.8 Å². The molecule has 0 radical (unpaired) electrons. The van der Waals surface area contributed by atoms with E-state index >= 15 is 0 Å². The van der Waals surface area contributed by atoms with Crippen molar-refractivity contribution in [1.29, 1.82) is 0 Å². The molecule has 0 amide bonds. The second-order valence-electron chi connectivity index (χ2n) is 3.52. The van der Waals surface area contributed by atoms with Gasteiger partial charge in [0, 0.05) is 6.20 Å². The van der Waals surface area contributed by atoms with E-state index in [0.29, 0.717) is 5.82 Å². The van der Waals surface area contributed by atoms with Crippen molar-refractivity contribution < 1.29 is 9.90 Å². The fourth-order valence-corrected chi connectivity index (χ4v) is 1.30. The molecule has 0 aliphatic carbocycles. The summed E-state index contributed by atoms with van der Waals surface area (Å²) in [5.41, 5.74) is 3.84. The zero-order valence-corrected chi connectivity index (χ0v) is 9.45. The van der Waals surface area contributed by atoms with Crippen LogP contribution in [0.1, 0.15) is 15.9 Å². The number of nitrogens with zero attached hydrogens (tertiary/aromatic N) is 2. The average Bonchev–Trinajstić information content (AvgIpc) is 2.40. The summed E-state index contributed by atoms with van der Waals surface area (Å²) in [4.78, 5) is 14.5. The van der Waals surface area contributed by atoms with Crippen LogP contribution in [0.15, 0.2) is 53.8 Å². The predicted molar refractivity (Wildman–Crippen MR) is 68.9 cm³/mol. The van der Waals surface area contributed by atoms with Crippen molar-refractivity contribution in [2.45, 2.75) is 0 Å². The number of aromatic carboxylic acids is 1. The zero-order valence-electron chi connectivity index (χ0n) is 9.45. The van der Waals surface area contributed by atoms with Crippen molar-refractivity contribution in [2.75, 3.05) is 5.43 Å². The van der Waals surface area contributed by atoms with Crippen molar-refractivity contribution in [1.82, 2.24) is 4.98 Å². The molecule has 0 aliphatic heterocycles. The fourth-order valence-electron chi connectivity index (χ4n) is 1.30. The maximum absolute atomic E-state index is 10.6. The molecule has 1 heterocycles. The maximum Gasteiger partial charge on any atom is 0.337 e. The van der Waals surface area contributed by atoms with Crippen LogP contribution < -0.4 is 5.43 Å². The van der Waals surface area contributed by atoms with Gasteiger partial charge in [0.1, 0.15) is 5.82 Å². The Morgan fingerprint density at radius 1 is 1.22 bits per heavy atom. The lowest BCUT2D eigenvalue weighted by Gasteiger charge is -1.99. The van der Waals surface area contributed by atoms with E-state index in [1.54, 1.807) is 12.3 Å². The molecule has 0 unspecified atom stereocenters. The number of carbonyl (C=O) groups is 1. The molecule has 0 fully saturated rings. The van der Waals surface area contributed by atoms with Gasteiger partial charge in [-0.15, -0.1) is 0 Å². The topological polar surface area (TPSA) is 74.6 Å². The molecular formula is C13H11N3O2. The van der Waals surface area contributed by atoms with Gasteiger partial charge >= 0.3 is 5.97 Å². The SMILES string of the molecule is O=C(O)c1ccc(N/N=C/c2ccccc2)nc1. The molecule has 2 rings (SSSR count). The molecule has 0 spiro atoms. The van der Waals surface area contributed by atoms with Crippen molar-refractivity contribution >= 4 is 18.0 Å². The smallest absolute Gasteiger partial charge is 0.337 e. The summed E-state index contributed by atoms with van der Waals surface area (Å²) < 4.78 is 0. The normalized spacial score (nSPS) is 10.4. The lowest BCUT2D eigenvalue weighted by molar-refractivity contribution is 0.0696. The minimum atomic E-state index is -0.998. The molecule has 18 heavy (non-hydrogen) atoms. The van der Waals surface area contributed by atoms with Gasteiger partial charge in [-0.05, 0) is 17.7 Å². The van der Waals surface area contributed by atoms with E-state index < -0.39 is 5.97 Å². The number of hydrazone groups is 1. The molecule has 1 aromatic carbocycles. The molecule has 0 saturated carbocycles. The first-order chi connectivity index (χ1) is 8.75. The van der Waals surface area contributed by atoms with Crippen molar-refractivity contribution in [3.8, 4) is 0 Å². The van der Waals surface area contributed by atoms with E-state index in [1.807, 2.05) is 30.3 Å². The van der Waals surface area contributed by atoms with Crippen molar-refractivity contribution in [3.63, 3.8) is 0 Å². The second kappa shape index (κ2) is 5.58. The molecule has 2 aromatic rings. The Morgan fingerprint density at radius 2 is 2.00 bits per heavy atom.